The third-order valence-electron chi connectivity index (χ3n) is 2.64. The zero-order chi connectivity index (χ0) is 9.10. The predicted molar refractivity (Wildman–Crippen MR) is 47.6 cm³/mol. The van der Waals surface area contributed by atoms with Crippen molar-refractivity contribution >= 4 is 0 Å². The second-order valence-corrected chi connectivity index (χ2v) is 3.83. The Bertz CT molecular complexity index is 153. The zero-order valence-electron chi connectivity index (χ0n) is 7.82. The van der Waals surface area contributed by atoms with Gasteiger partial charge in [-0.15, -0.1) is 0 Å². The van der Waals surface area contributed by atoms with Gasteiger partial charge in [0.25, 0.3) is 0 Å². The van der Waals surface area contributed by atoms with E-state index >= 15 is 0 Å². The van der Waals surface area contributed by atoms with Crippen molar-refractivity contribution in [3.8, 4) is 0 Å². The van der Waals surface area contributed by atoms with Crippen molar-refractivity contribution in [2.75, 3.05) is 46.1 Å². The minimum Gasteiger partial charge on any atom is -0.396 e. The monoisotopic (exact) mass is 187 g/mol. The van der Waals surface area contributed by atoms with Crippen LogP contribution in [-0.4, -0.2) is 62.2 Å². The van der Waals surface area contributed by atoms with E-state index in [0.29, 0.717) is 12.5 Å². The van der Waals surface area contributed by atoms with Gasteiger partial charge in [-0.1, -0.05) is 0 Å². The lowest BCUT2D eigenvalue weighted by Gasteiger charge is -2.40. The number of nitrogens with zero attached hydrogens (tertiary/aromatic N) is 1. The van der Waals surface area contributed by atoms with Crippen molar-refractivity contribution in [2.24, 2.45) is 5.92 Å². The van der Waals surface area contributed by atoms with E-state index in [9.17, 15) is 0 Å². The largest absolute Gasteiger partial charge is 0.396 e. The first-order chi connectivity index (χ1) is 6.38. The van der Waals surface area contributed by atoms with Crippen molar-refractivity contribution < 1.29 is 14.6 Å². The molecule has 0 saturated carbocycles. The van der Waals surface area contributed by atoms with Crippen LogP contribution in [0.3, 0.4) is 0 Å². The molecule has 0 spiro atoms. The minimum atomic E-state index is 0.244. The van der Waals surface area contributed by atoms with Gasteiger partial charge >= 0.3 is 0 Å². The predicted octanol–water partition coefficient (Wildman–Crippen LogP) is -0.674. The van der Waals surface area contributed by atoms with Crippen LogP contribution < -0.4 is 0 Å². The Morgan fingerprint density at radius 2 is 2.15 bits per heavy atom. The van der Waals surface area contributed by atoms with Crippen LogP contribution >= 0.6 is 0 Å². The quantitative estimate of drug-likeness (QED) is 0.636. The zero-order valence-corrected chi connectivity index (χ0v) is 7.82. The van der Waals surface area contributed by atoms with E-state index in [1.165, 1.54) is 0 Å². The number of aliphatic hydroxyl groups is 1. The molecule has 4 nitrogen and oxygen atoms in total. The van der Waals surface area contributed by atoms with Gasteiger partial charge in [-0.25, -0.2) is 0 Å². The summed E-state index contributed by atoms with van der Waals surface area (Å²) in [5.74, 6) is 0.490. The van der Waals surface area contributed by atoms with Gasteiger partial charge in [0.05, 0.1) is 25.9 Å². The first-order valence-corrected chi connectivity index (χ1v) is 4.91. The average molecular weight is 187 g/mol. The molecule has 0 radical (unpaired) electrons. The fraction of sp³-hybridized carbons (Fsp3) is 1.00. The number of ether oxygens (including phenoxy) is 2. The summed E-state index contributed by atoms with van der Waals surface area (Å²) >= 11 is 0. The molecule has 1 N–H and O–H groups in total. The molecule has 0 aromatic heterocycles. The Morgan fingerprint density at radius 1 is 1.31 bits per heavy atom. The van der Waals surface area contributed by atoms with Crippen molar-refractivity contribution in [1.82, 2.24) is 4.90 Å². The van der Waals surface area contributed by atoms with E-state index in [-0.39, 0.29) is 6.10 Å². The third-order valence-corrected chi connectivity index (χ3v) is 2.64. The molecule has 0 aromatic rings. The Morgan fingerprint density at radius 3 is 2.77 bits per heavy atom. The molecule has 2 aliphatic rings. The van der Waals surface area contributed by atoms with Crippen LogP contribution in [0, 0.1) is 5.92 Å². The Balaban J connectivity index is 1.62. The highest BCUT2D eigenvalue weighted by molar-refractivity contribution is 4.81. The van der Waals surface area contributed by atoms with E-state index in [2.05, 4.69) is 4.90 Å². The van der Waals surface area contributed by atoms with E-state index in [1.807, 2.05) is 0 Å². The second-order valence-electron chi connectivity index (χ2n) is 3.83. The lowest BCUT2D eigenvalue weighted by Crippen LogP contribution is -2.52. The smallest absolute Gasteiger partial charge is 0.0936 e. The second kappa shape index (κ2) is 4.37. The van der Waals surface area contributed by atoms with Crippen molar-refractivity contribution in [3.05, 3.63) is 0 Å². The van der Waals surface area contributed by atoms with Crippen LogP contribution in [0.4, 0.5) is 0 Å². The summed E-state index contributed by atoms with van der Waals surface area (Å²) in [6.07, 6.45) is 0.244. The first kappa shape index (κ1) is 9.40. The lowest BCUT2D eigenvalue weighted by molar-refractivity contribution is -0.108. The van der Waals surface area contributed by atoms with Crippen LogP contribution in [0.5, 0.6) is 0 Å². The molecule has 2 rings (SSSR count). The summed E-state index contributed by atoms with van der Waals surface area (Å²) in [7, 11) is 0. The molecule has 76 valence electrons. The maximum Gasteiger partial charge on any atom is 0.0936 e. The highest BCUT2D eigenvalue weighted by atomic mass is 16.6. The van der Waals surface area contributed by atoms with Gasteiger partial charge in [-0.05, 0) is 0 Å². The van der Waals surface area contributed by atoms with Gasteiger partial charge in [0.15, 0.2) is 0 Å². The molecule has 0 bridgehead atoms. The van der Waals surface area contributed by atoms with Crippen LogP contribution in [-0.2, 0) is 9.47 Å². The summed E-state index contributed by atoms with van der Waals surface area (Å²) in [5, 5.41) is 8.83. The van der Waals surface area contributed by atoms with Gasteiger partial charge in [-0.3, -0.25) is 4.90 Å². The summed E-state index contributed by atoms with van der Waals surface area (Å²) in [5.41, 5.74) is 0. The fourth-order valence-electron chi connectivity index (χ4n) is 1.87. The molecular formula is C9H17NO3. The highest BCUT2D eigenvalue weighted by Gasteiger charge is 2.28. The first-order valence-electron chi connectivity index (χ1n) is 4.91. The summed E-state index contributed by atoms with van der Waals surface area (Å²) in [6, 6.07) is 0. The Hall–Kier alpha value is -0.160. The molecule has 0 aliphatic carbocycles. The number of rotatable bonds is 3. The Kier molecular flexibility index (Phi) is 3.16. The van der Waals surface area contributed by atoms with Gasteiger partial charge in [0, 0.05) is 32.2 Å². The fourth-order valence-corrected chi connectivity index (χ4v) is 1.87. The maximum absolute atomic E-state index is 8.83. The van der Waals surface area contributed by atoms with Gasteiger partial charge < -0.3 is 14.6 Å². The van der Waals surface area contributed by atoms with E-state index < -0.39 is 0 Å². The normalized spacial score (nSPS) is 31.6. The van der Waals surface area contributed by atoms with Crippen LogP contribution in [0.25, 0.3) is 0 Å². The highest BCUT2D eigenvalue weighted by Crippen LogP contribution is 2.16. The van der Waals surface area contributed by atoms with Crippen LogP contribution in [0.1, 0.15) is 0 Å². The molecule has 2 heterocycles. The number of likely N-dealkylation sites (tertiary alicyclic amines) is 1. The molecule has 4 heteroatoms. The standard InChI is InChI=1S/C9H17NO3/c11-6-8-3-10(4-8)5-9-7-12-1-2-13-9/h8-9,11H,1-7H2. The topological polar surface area (TPSA) is 41.9 Å². The van der Waals surface area contributed by atoms with Gasteiger partial charge in [-0.2, -0.15) is 0 Å². The van der Waals surface area contributed by atoms with Crippen molar-refractivity contribution in [3.63, 3.8) is 0 Å². The van der Waals surface area contributed by atoms with Gasteiger partial charge in [0.2, 0.25) is 0 Å². The van der Waals surface area contributed by atoms with Gasteiger partial charge in [0.1, 0.15) is 0 Å². The molecule has 2 aliphatic heterocycles. The maximum atomic E-state index is 8.83. The van der Waals surface area contributed by atoms with Crippen molar-refractivity contribution in [2.45, 2.75) is 6.10 Å². The molecular weight excluding hydrogens is 170 g/mol. The molecule has 13 heavy (non-hydrogen) atoms. The van der Waals surface area contributed by atoms with Crippen molar-refractivity contribution in [1.29, 1.82) is 0 Å². The van der Waals surface area contributed by atoms with Crippen LogP contribution in [0.15, 0.2) is 0 Å². The number of aliphatic hydroxyl groups excluding tert-OH is 1. The summed E-state index contributed by atoms with van der Waals surface area (Å²) in [4.78, 5) is 2.31. The number of hydrogen-bond donors (Lipinski definition) is 1. The molecule has 0 aromatic carbocycles. The third kappa shape index (κ3) is 2.40. The SMILES string of the molecule is OCC1CN(CC2COCCO2)C1. The van der Waals surface area contributed by atoms with Crippen LogP contribution in [0.2, 0.25) is 0 Å². The summed E-state index contributed by atoms with van der Waals surface area (Å²) < 4.78 is 10.8. The Labute approximate surface area is 78.4 Å². The lowest BCUT2D eigenvalue weighted by atomic mass is 10.0. The molecule has 1 unspecified atom stereocenters. The summed E-state index contributed by atoms with van der Waals surface area (Å²) in [6.45, 7) is 5.47. The molecule has 1 atom stereocenters. The van der Waals surface area contributed by atoms with E-state index in [4.69, 9.17) is 14.6 Å². The van der Waals surface area contributed by atoms with E-state index in [0.717, 1.165) is 39.5 Å². The minimum absolute atomic E-state index is 0.244. The number of hydrogen-bond acceptors (Lipinski definition) is 4. The molecule has 2 fully saturated rings. The molecule has 0 amide bonds. The average Bonchev–Trinajstić information content (AvgIpc) is 2.12. The molecule has 2 saturated heterocycles. The van der Waals surface area contributed by atoms with E-state index in [1.54, 1.807) is 0 Å².